The van der Waals surface area contributed by atoms with Crippen molar-refractivity contribution < 1.29 is 18.8 Å². The quantitative estimate of drug-likeness (QED) is 0.775. The number of amides is 3. The Balaban J connectivity index is 1.26. The van der Waals surface area contributed by atoms with E-state index in [0.717, 1.165) is 44.5 Å². The highest BCUT2D eigenvalue weighted by atomic mass is 16.3. The zero-order chi connectivity index (χ0) is 20.4. The summed E-state index contributed by atoms with van der Waals surface area (Å²) < 4.78 is 5.32. The Morgan fingerprint density at radius 1 is 1.00 bits per heavy atom. The van der Waals surface area contributed by atoms with E-state index in [-0.39, 0.29) is 36.0 Å². The SMILES string of the molecule is CC1CCN(C(=O)C2CCN(C(=O)C3CC(=O)N(Cc4ccco4)C3)CC2)CC1. The van der Waals surface area contributed by atoms with Gasteiger partial charge in [-0.05, 0) is 43.7 Å². The summed E-state index contributed by atoms with van der Waals surface area (Å²) in [4.78, 5) is 43.6. The molecule has 0 radical (unpaired) electrons. The molecule has 1 unspecified atom stereocenters. The van der Waals surface area contributed by atoms with Gasteiger partial charge in [0, 0.05) is 45.1 Å². The highest BCUT2D eigenvalue weighted by Crippen LogP contribution is 2.27. The second kappa shape index (κ2) is 8.59. The van der Waals surface area contributed by atoms with Crippen molar-refractivity contribution in [3.05, 3.63) is 24.2 Å². The van der Waals surface area contributed by atoms with Gasteiger partial charge in [0.15, 0.2) is 0 Å². The molecule has 29 heavy (non-hydrogen) atoms. The summed E-state index contributed by atoms with van der Waals surface area (Å²) in [6, 6.07) is 3.64. The molecule has 158 valence electrons. The topological polar surface area (TPSA) is 74.1 Å². The van der Waals surface area contributed by atoms with Crippen LogP contribution in [0.2, 0.25) is 0 Å². The first-order valence-electron chi connectivity index (χ1n) is 10.9. The molecule has 1 atom stereocenters. The van der Waals surface area contributed by atoms with Crippen LogP contribution in [0, 0.1) is 17.8 Å². The molecule has 3 saturated heterocycles. The molecule has 0 spiro atoms. The van der Waals surface area contributed by atoms with Crippen LogP contribution in [0.3, 0.4) is 0 Å². The van der Waals surface area contributed by atoms with E-state index in [9.17, 15) is 14.4 Å². The minimum absolute atomic E-state index is 0.00383. The zero-order valence-electron chi connectivity index (χ0n) is 17.2. The number of hydrogen-bond acceptors (Lipinski definition) is 4. The van der Waals surface area contributed by atoms with Crippen molar-refractivity contribution in [2.24, 2.45) is 17.8 Å². The molecule has 4 rings (SSSR count). The maximum atomic E-state index is 12.9. The second-order valence-corrected chi connectivity index (χ2v) is 8.86. The summed E-state index contributed by atoms with van der Waals surface area (Å²) in [5.41, 5.74) is 0. The van der Waals surface area contributed by atoms with Gasteiger partial charge in [-0.1, -0.05) is 6.92 Å². The molecule has 0 N–H and O–H groups in total. The Morgan fingerprint density at radius 3 is 2.24 bits per heavy atom. The van der Waals surface area contributed by atoms with Gasteiger partial charge >= 0.3 is 0 Å². The van der Waals surface area contributed by atoms with E-state index in [1.165, 1.54) is 0 Å². The molecular formula is C22H31N3O4. The van der Waals surface area contributed by atoms with E-state index in [0.29, 0.717) is 32.1 Å². The summed E-state index contributed by atoms with van der Waals surface area (Å²) >= 11 is 0. The third kappa shape index (κ3) is 4.49. The lowest BCUT2D eigenvalue weighted by molar-refractivity contribution is -0.143. The monoisotopic (exact) mass is 401 g/mol. The van der Waals surface area contributed by atoms with E-state index in [2.05, 4.69) is 6.92 Å². The van der Waals surface area contributed by atoms with E-state index < -0.39 is 0 Å². The second-order valence-electron chi connectivity index (χ2n) is 8.86. The van der Waals surface area contributed by atoms with Crippen LogP contribution in [0.4, 0.5) is 0 Å². The molecule has 0 saturated carbocycles. The number of carbonyl (C=O) groups excluding carboxylic acids is 3. The summed E-state index contributed by atoms with van der Waals surface area (Å²) in [5, 5.41) is 0. The van der Waals surface area contributed by atoms with Crippen LogP contribution in [-0.2, 0) is 20.9 Å². The molecular weight excluding hydrogens is 370 g/mol. The summed E-state index contributed by atoms with van der Waals surface area (Å²) in [6.07, 6.45) is 5.50. The number of nitrogens with zero attached hydrogens (tertiary/aromatic N) is 3. The Morgan fingerprint density at radius 2 is 1.62 bits per heavy atom. The minimum atomic E-state index is -0.284. The predicted octanol–water partition coefficient (Wildman–Crippen LogP) is 2.13. The number of hydrogen-bond donors (Lipinski definition) is 0. The van der Waals surface area contributed by atoms with Gasteiger partial charge in [-0.2, -0.15) is 0 Å². The lowest BCUT2D eigenvalue weighted by atomic mass is 9.92. The largest absolute Gasteiger partial charge is 0.467 e. The number of likely N-dealkylation sites (tertiary alicyclic amines) is 3. The Bertz CT molecular complexity index is 731. The molecule has 7 heteroatoms. The molecule has 3 aliphatic rings. The average Bonchev–Trinajstić information content (AvgIpc) is 3.38. The highest BCUT2D eigenvalue weighted by Gasteiger charge is 2.39. The van der Waals surface area contributed by atoms with E-state index in [1.807, 2.05) is 15.9 Å². The minimum Gasteiger partial charge on any atom is -0.467 e. The normalized spacial score (nSPS) is 24.4. The summed E-state index contributed by atoms with van der Waals surface area (Å²) in [7, 11) is 0. The molecule has 0 aromatic carbocycles. The maximum absolute atomic E-state index is 12.9. The standard InChI is InChI=1S/C22H31N3O4/c1-16-4-8-23(9-5-16)21(27)17-6-10-24(11-7-17)22(28)18-13-20(26)25(14-18)15-19-3-2-12-29-19/h2-3,12,16-18H,4-11,13-15H2,1H3. The molecule has 0 aliphatic carbocycles. The third-order valence-electron chi connectivity index (χ3n) is 6.74. The van der Waals surface area contributed by atoms with Crippen molar-refractivity contribution in [2.45, 2.75) is 45.6 Å². The lowest BCUT2D eigenvalue weighted by Crippen LogP contribution is -2.47. The lowest BCUT2D eigenvalue weighted by Gasteiger charge is -2.37. The van der Waals surface area contributed by atoms with Crippen LogP contribution in [0.15, 0.2) is 22.8 Å². The number of carbonyl (C=O) groups is 3. The highest BCUT2D eigenvalue weighted by molar-refractivity contribution is 5.89. The fourth-order valence-corrected chi connectivity index (χ4v) is 4.77. The smallest absolute Gasteiger partial charge is 0.227 e. The van der Waals surface area contributed by atoms with Crippen LogP contribution in [0.1, 0.15) is 44.8 Å². The van der Waals surface area contributed by atoms with Gasteiger partial charge in [0.2, 0.25) is 17.7 Å². The molecule has 1 aromatic rings. The zero-order valence-corrected chi connectivity index (χ0v) is 17.2. The summed E-state index contributed by atoms with van der Waals surface area (Å²) in [6.45, 7) is 6.08. The van der Waals surface area contributed by atoms with E-state index in [1.54, 1.807) is 17.2 Å². The Hall–Kier alpha value is -2.31. The van der Waals surface area contributed by atoms with Crippen molar-refractivity contribution in [2.75, 3.05) is 32.7 Å². The van der Waals surface area contributed by atoms with Gasteiger partial charge in [-0.15, -0.1) is 0 Å². The number of piperidine rings is 2. The molecule has 1 aromatic heterocycles. The summed E-state index contributed by atoms with van der Waals surface area (Å²) in [5.74, 6) is 1.52. The van der Waals surface area contributed by atoms with Crippen LogP contribution in [0.25, 0.3) is 0 Å². The van der Waals surface area contributed by atoms with Crippen LogP contribution in [0.5, 0.6) is 0 Å². The first kappa shape index (κ1) is 20.0. The van der Waals surface area contributed by atoms with Gasteiger partial charge in [0.05, 0.1) is 18.7 Å². The molecule has 4 heterocycles. The Kier molecular flexibility index (Phi) is 5.92. The predicted molar refractivity (Wildman–Crippen MR) is 107 cm³/mol. The number of rotatable bonds is 4. The molecule has 3 fully saturated rings. The Labute approximate surface area is 172 Å². The first-order chi connectivity index (χ1) is 14.0. The molecule has 7 nitrogen and oxygen atoms in total. The number of furan rings is 1. The van der Waals surface area contributed by atoms with Gasteiger partial charge in [0.1, 0.15) is 5.76 Å². The van der Waals surface area contributed by atoms with Crippen molar-refractivity contribution in [1.29, 1.82) is 0 Å². The van der Waals surface area contributed by atoms with Crippen LogP contribution < -0.4 is 0 Å². The molecule has 3 aliphatic heterocycles. The first-order valence-corrected chi connectivity index (χ1v) is 10.9. The van der Waals surface area contributed by atoms with Gasteiger partial charge in [-0.3, -0.25) is 14.4 Å². The fraction of sp³-hybridized carbons (Fsp3) is 0.682. The van der Waals surface area contributed by atoms with E-state index in [4.69, 9.17) is 4.42 Å². The third-order valence-corrected chi connectivity index (χ3v) is 6.74. The van der Waals surface area contributed by atoms with E-state index >= 15 is 0 Å². The van der Waals surface area contributed by atoms with Crippen molar-refractivity contribution in [3.63, 3.8) is 0 Å². The van der Waals surface area contributed by atoms with Crippen molar-refractivity contribution >= 4 is 17.7 Å². The van der Waals surface area contributed by atoms with Gasteiger partial charge in [0.25, 0.3) is 0 Å². The average molecular weight is 402 g/mol. The molecule has 3 amide bonds. The van der Waals surface area contributed by atoms with Crippen LogP contribution in [-0.4, -0.2) is 65.1 Å². The van der Waals surface area contributed by atoms with Crippen LogP contribution >= 0.6 is 0 Å². The maximum Gasteiger partial charge on any atom is 0.227 e. The van der Waals surface area contributed by atoms with Crippen molar-refractivity contribution in [1.82, 2.24) is 14.7 Å². The fourth-order valence-electron chi connectivity index (χ4n) is 4.77. The van der Waals surface area contributed by atoms with Gasteiger partial charge in [-0.25, -0.2) is 0 Å². The molecule has 0 bridgehead atoms. The van der Waals surface area contributed by atoms with Crippen molar-refractivity contribution in [3.8, 4) is 0 Å². The van der Waals surface area contributed by atoms with Gasteiger partial charge < -0.3 is 19.1 Å².